The number of nitrogens with zero attached hydrogens (tertiary/aromatic N) is 1. The molecule has 0 aliphatic rings. The quantitative estimate of drug-likeness (QED) is 0.927. The van der Waals surface area contributed by atoms with Crippen molar-refractivity contribution >= 4 is 21.6 Å². The minimum Gasteiger partial charge on any atom is -0.392 e. The van der Waals surface area contributed by atoms with E-state index < -0.39 is 0 Å². The van der Waals surface area contributed by atoms with Crippen LogP contribution in [-0.4, -0.2) is 12.2 Å². The van der Waals surface area contributed by atoms with Crippen molar-refractivity contribution in [1.82, 2.24) is 0 Å². The first-order valence-electron chi connectivity index (χ1n) is 5.95. The highest BCUT2D eigenvalue weighted by atomic mass is 79.9. The van der Waals surface area contributed by atoms with Crippen molar-refractivity contribution in [2.75, 3.05) is 11.9 Å². The third-order valence-electron chi connectivity index (χ3n) is 3.01. The molecule has 0 unspecified atom stereocenters. The Bertz CT molecular complexity index is 574. The van der Waals surface area contributed by atoms with Gasteiger partial charge in [-0.3, -0.25) is 0 Å². The summed E-state index contributed by atoms with van der Waals surface area (Å²) in [7, 11) is 1.91. The molecule has 19 heavy (non-hydrogen) atoms. The normalized spacial score (nSPS) is 10.5. The molecule has 0 spiro atoms. The Balaban J connectivity index is 2.18. The Morgan fingerprint density at radius 2 is 1.89 bits per heavy atom. The molecule has 2 aromatic rings. The molecule has 0 aliphatic heterocycles. The molecule has 2 aromatic carbocycles. The van der Waals surface area contributed by atoms with Gasteiger partial charge in [0.15, 0.2) is 0 Å². The molecule has 2 nitrogen and oxygen atoms in total. The van der Waals surface area contributed by atoms with Gasteiger partial charge in [-0.25, -0.2) is 4.39 Å². The van der Waals surface area contributed by atoms with E-state index in [0.29, 0.717) is 12.1 Å². The van der Waals surface area contributed by atoms with Crippen molar-refractivity contribution in [1.29, 1.82) is 0 Å². The maximum Gasteiger partial charge on any atom is 0.128 e. The van der Waals surface area contributed by atoms with Crippen LogP contribution < -0.4 is 4.90 Å². The summed E-state index contributed by atoms with van der Waals surface area (Å²) in [6.45, 7) is 0.496. The fourth-order valence-electron chi connectivity index (χ4n) is 1.88. The Morgan fingerprint density at radius 1 is 1.16 bits per heavy atom. The molecule has 0 saturated carbocycles. The molecular weight excluding hydrogens is 309 g/mol. The van der Waals surface area contributed by atoms with Crippen molar-refractivity contribution in [3.63, 3.8) is 0 Å². The summed E-state index contributed by atoms with van der Waals surface area (Å²) in [5.41, 5.74) is 2.46. The highest BCUT2D eigenvalue weighted by molar-refractivity contribution is 9.10. The summed E-state index contributed by atoms with van der Waals surface area (Å²) in [4.78, 5) is 1.96. The molecule has 4 heteroatoms. The Labute approximate surface area is 120 Å². The lowest BCUT2D eigenvalue weighted by molar-refractivity contribution is 0.281. The third-order valence-corrected chi connectivity index (χ3v) is 3.75. The fourth-order valence-corrected chi connectivity index (χ4v) is 2.37. The van der Waals surface area contributed by atoms with Gasteiger partial charge in [0.05, 0.1) is 6.61 Å². The van der Waals surface area contributed by atoms with E-state index in [-0.39, 0.29) is 12.4 Å². The standard InChI is InChI=1S/C15H15BrFNO/c1-18(9-11-4-2-3-5-15(11)17)13-7-6-12(10-19)14(16)8-13/h2-8,19H,9-10H2,1H3. The average Bonchev–Trinajstić information content (AvgIpc) is 2.41. The van der Waals surface area contributed by atoms with Gasteiger partial charge in [-0.15, -0.1) is 0 Å². The van der Waals surface area contributed by atoms with Crippen LogP contribution in [0, 0.1) is 5.82 Å². The van der Waals surface area contributed by atoms with E-state index in [1.54, 1.807) is 12.1 Å². The summed E-state index contributed by atoms with van der Waals surface area (Å²) in [6, 6.07) is 12.5. The predicted molar refractivity (Wildman–Crippen MR) is 78.6 cm³/mol. The topological polar surface area (TPSA) is 23.5 Å². The van der Waals surface area contributed by atoms with Crippen LogP contribution >= 0.6 is 15.9 Å². The molecular formula is C15H15BrFNO. The molecule has 0 bridgehead atoms. The minimum atomic E-state index is -0.194. The maximum absolute atomic E-state index is 13.6. The average molecular weight is 324 g/mol. The van der Waals surface area contributed by atoms with Crippen LogP contribution in [0.1, 0.15) is 11.1 Å². The zero-order valence-corrected chi connectivity index (χ0v) is 12.2. The van der Waals surface area contributed by atoms with Crippen molar-refractivity contribution in [3.8, 4) is 0 Å². The molecule has 0 amide bonds. The highest BCUT2D eigenvalue weighted by Gasteiger charge is 2.08. The number of halogens is 2. The van der Waals surface area contributed by atoms with E-state index in [4.69, 9.17) is 5.11 Å². The Morgan fingerprint density at radius 3 is 2.53 bits per heavy atom. The van der Waals surface area contributed by atoms with Crippen LogP contribution in [0.5, 0.6) is 0 Å². The maximum atomic E-state index is 13.6. The molecule has 0 aliphatic carbocycles. The highest BCUT2D eigenvalue weighted by Crippen LogP contribution is 2.25. The van der Waals surface area contributed by atoms with E-state index in [0.717, 1.165) is 15.7 Å². The van der Waals surface area contributed by atoms with E-state index in [9.17, 15) is 4.39 Å². The lowest BCUT2D eigenvalue weighted by Crippen LogP contribution is -2.17. The smallest absolute Gasteiger partial charge is 0.128 e. The van der Waals surface area contributed by atoms with Gasteiger partial charge < -0.3 is 10.0 Å². The lowest BCUT2D eigenvalue weighted by Gasteiger charge is -2.20. The summed E-state index contributed by atoms with van der Waals surface area (Å²) in [5.74, 6) is -0.194. The summed E-state index contributed by atoms with van der Waals surface area (Å²) < 4.78 is 14.4. The van der Waals surface area contributed by atoms with Crippen LogP contribution in [0.2, 0.25) is 0 Å². The first-order chi connectivity index (χ1) is 9.11. The second-order valence-electron chi connectivity index (χ2n) is 4.38. The van der Waals surface area contributed by atoms with E-state index in [2.05, 4.69) is 15.9 Å². The molecule has 2 rings (SSSR count). The number of anilines is 1. The van der Waals surface area contributed by atoms with Crippen LogP contribution in [0.25, 0.3) is 0 Å². The first-order valence-corrected chi connectivity index (χ1v) is 6.75. The predicted octanol–water partition coefficient (Wildman–Crippen LogP) is 3.72. The molecule has 0 heterocycles. The summed E-state index contributed by atoms with van der Waals surface area (Å²) in [6.07, 6.45) is 0. The molecule has 0 atom stereocenters. The van der Waals surface area contributed by atoms with Crippen LogP contribution in [0.3, 0.4) is 0 Å². The van der Waals surface area contributed by atoms with Crippen molar-refractivity contribution in [3.05, 3.63) is 63.9 Å². The number of aliphatic hydroxyl groups is 1. The van der Waals surface area contributed by atoms with E-state index in [1.807, 2.05) is 36.2 Å². The number of hydrogen-bond acceptors (Lipinski definition) is 2. The number of rotatable bonds is 4. The van der Waals surface area contributed by atoms with E-state index in [1.165, 1.54) is 6.07 Å². The summed E-state index contributed by atoms with van der Waals surface area (Å²) in [5, 5.41) is 9.13. The van der Waals surface area contributed by atoms with Crippen LogP contribution in [-0.2, 0) is 13.2 Å². The lowest BCUT2D eigenvalue weighted by atomic mass is 10.1. The second-order valence-corrected chi connectivity index (χ2v) is 5.24. The molecule has 100 valence electrons. The fraction of sp³-hybridized carbons (Fsp3) is 0.200. The largest absolute Gasteiger partial charge is 0.392 e. The molecule has 0 saturated heterocycles. The van der Waals surface area contributed by atoms with Crippen molar-refractivity contribution in [2.45, 2.75) is 13.2 Å². The van der Waals surface area contributed by atoms with E-state index >= 15 is 0 Å². The van der Waals surface area contributed by atoms with Gasteiger partial charge in [-0.2, -0.15) is 0 Å². The molecule has 0 aromatic heterocycles. The van der Waals surface area contributed by atoms with Gasteiger partial charge in [-0.1, -0.05) is 40.2 Å². The summed E-state index contributed by atoms with van der Waals surface area (Å²) >= 11 is 3.41. The molecule has 1 N–H and O–H groups in total. The zero-order valence-electron chi connectivity index (χ0n) is 10.6. The first kappa shape index (κ1) is 14.0. The monoisotopic (exact) mass is 323 g/mol. The Kier molecular flexibility index (Phi) is 4.56. The second kappa shape index (κ2) is 6.17. The minimum absolute atomic E-state index is 0.00209. The molecule has 0 radical (unpaired) electrons. The van der Waals surface area contributed by atoms with Gasteiger partial charge in [0, 0.05) is 29.3 Å². The van der Waals surface area contributed by atoms with Gasteiger partial charge in [0.1, 0.15) is 5.82 Å². The number of aliphatic hydroxyl groups excluding tert-OH is 1. The Hall–Kier alpha value is -1.39. The van der Waals surface area contributed by atoms with Gasteiger partial charge >= 0.3 is 0 Å². The zero-order chi connectivity index (χ0) is 13.8. The number of hydrogen-bond donors (Lipinski definition) is 1. The number of benzene rings is 2. The van der Waals surface area contributed by atoms with Crippen LogP contribution in [0.15, 0.2) is 46.9 Å². The van der Waals surface area contributed by atoms with Gasteiger partial charge in [0.25, 0.3) is 0 Å². The SMILES string of the molecule is CN(Cc1ccccc1F)c1ccc(CO)c(Br)c1. The third kappa shape index (κ3) is 3.33. The molecule has 0 fully saturated rings. The van der Waals surface area contributed by atoms with Crippen LogP contribution in [0.4, 0.5) is 10.1 Å². The van der Waals surface area contributed by atoms with Crippen molar-refractivity contribution in [2.24, 2.45) is 0 Å². The van der Waals surface area contributed by atoms with Gasteiger partial charge in [0.2, 0.25) is 0 Å². The van der Waals surface area contributed by atoms with Gasteiger partial charge in [-0.05, 0) is 23.8 Å². The van der Waals surface area contributed by atoms with Crippen molar-refractivity contribution < 1.29 is 9.50 Å².